The molecular formula is C19H25Cl4NO3. The fraction of sp³-hybridized carbons (Fsp3) is 0.579. The Balaban J connectivity index is 4.86. The molecule has 0 aliphatic carbocycles. The summed E-state index contributed by atoms with van der Waals surface area (Å²) in [6, 6.07) is -0.328. The average molecular weight is 457 g/mol. The van der Waals surface area contributed by atoms with E-state index in [0.717, 1.165) is 12.8 Å². The van der Waals surface area contributed by atoms with Crippen LogP contribution in [0.25, 0.3) is 0 Å². The molecule has 1 N–H and O–H groups in total. The number of esters is 1. The molecule has 152 valence electrons. The van der Waals surface area contributed by atoms with Gasteiger partial charge in [-0.15, -0.1) is 23.2 Å². The van der Waals surface area contributed by atoms with E-state index in [1.165, 1.54) is 20.1 Å². The van der Waals surface area contributed by atoms with Gasteiger partial charge in [-0.25, -0.2) is 0 Å². The molecule has 8 heteroatoms. The highest BCUT2D eigenvalue weighted by Crippen LogP contribution is 2.19. The molecule has 0 aliphatic heterocycles. The van der Waals surface area contributed by atoms with Gasteiger partial charge in [-0.1, -0.05) is 47.2 Å². The number of rotatable bonds is 11. The van der Waals surface area contributed by atoms with Crippen LogP contribution in [-0.2, 0) is 14.3 Å². The van der Waals surface area contributed by atoms with E-state index in [-0.39, 0.29) is 22.4 Å². The molecule has 0 aromatic heterocycles. The average Bonchev–Trinajstić information content (AvgIpc) is 2.58. The molecule has 0 saturated heterocycles. The van der Waals surface area contributed by atoms with E-state index in [9.17, 15) is 9.59 Å². The van der Waals surface area contributed by atoms with Crippen LogP contribution >= 0.6 is 46.4 Å². The summed E-state index contributed by atoms with van der Waals surface area (Å²) in [7, 11) is 1.33. The van der Waals surface area contributed by atoms with Crippen molar-refractivity contribution >= 4 is 58.3 Å². The molecule has 0 spiro atoms. The number of hydrogen-bond donors (Lipinski definition) is 1. The van der Waals surface area contributed by atoms with Crippen molar-refractivity contribution in [3.8, 4) is 11.8 Å². The van der Waals surface area contributed by atoms with Crippen LogP contribution in [0, 0.1) is 17.8 Å². The number of nitrogens with one attached hydrogen (secondary N) is 1. The first-order valence-corrected chi connectivity index (χ1v) is 10.2. The second-order valence-corrected chi connectivity index (χ2v) is 8.04. The number of alkyl halides is 2. The standard InChI is InChI=1S/C19H25Cl4NO3/c1-14(25)24-16(11-7-3-4-8-12-17(20)21)15(19(26)27-2)10-6-5-9-13-18(22)23/h4,8,13,15-17H,3,6-7,10-12H2,1-2H3,(H,24,25)/b8-4+/t15-,16+/m0/s1. The maximum Gasteiger partial charge on any atom is 0.310 e. The smallest absolute Gasteiger partial charge is 0.310 e. The summed E-state index contributed by atoms with van der Waals surface area (Å²) in [6.45, 7) is 1.43. The zero-order chi connectivity index (χ0) is 20.7. The molecule has 27 heavy (non-hydrogen) atoms. The number of carbonyl (C=O) groups is 2. The molecule has 0 rings (SSSR count). The number of methoxy groups -OCH3 is 1. The van der Waals surface area contributed by atoms with Crippen LogP contribution in [0.3, 0.4) is 0 Å². The fourth-order valence-electron chi connectivity index (χ4n) is 2.45. The van der Waals surface area contributed by atoms with E-state index in [0.29, 0.717) is 25.7 Å². The number of ether oxygens (including phenoxy) is 1. The van der Waals surface area contributed by atoms with Crippen molar-refractivity contribution in [2.24, 2.45) is 5.92 Å². The highest BCUT2D eigenvalue weighted by Gasteiger charge is 2.28. The topological polar surface area (TPSA) is 55.4 Å². The first-order valence-electron chi connectivity index (χ1n) is 8.55. The van der Waals surface area contributed by atoms with E-state index < -0.39 is 10.8 Å². The van der Waals surface area contributed by atoms with Gasteiger partial charge in [0.25, 0.3) is 0 Å². The van der Waals surface area contributed by atoms with Gasteiger partial charge in [0.05, 0.1) is 13.0 Å². The Kier molecular flexibility index (Phi) is 15.6. The molecule has 0 heterocycles. The number of unbranched alkanes of at least 4 members (excludes halogenated alkanes) is 1. The minimum Gasteiger partial charge on any atom is -0.469 e. The van der Waals surface area contributed by atoms with Crippen molar-refractivity contribution in [1.82, 2.24) is 5.32 Å². The SMILES string of the molecule is COC(=O)[C@@H](CCC#CC=C(Cl)Cl)[C@@H](CCC/C=C/CC(Cl)Cl)NC(C)=O. The van der Waals surface area contributed by atoms with Crippen molar-refractivity contribution in [3.05, 3.63) is 22.7 Å². The molecule has 0 aromatic carbocycles. The zero-order valence-corrected chi connectivity index (χ0v) is 18.5. The summed E-state index contributed by atoms with van der Waals surface area (Å²) in [5, 5.41) is 2.86. The number of carbonyl (C=O) groups excluding carboxylic acids is 2. The Hall–Kier alpha value is -0.860. The zero-order valence-electron chi connectivity index (χ0n) is 15.4. The van der Waals surface area contributed by atoms with E-state index in [1.54, 1.807) is 0 Å². The second kappa shape index (κ2) is 16.1. The van der Waals surface area contributed by atoms with E-state index in [2.05, 4.69) is 17.2 Å². The van der Waals surface area contributed by atoms with Crippen LogP contribution in [0.2, 0.25) is 0 Å². The molecule has 1 amide bonds. The highest BCUT2D eigenvalue weighted by molar-refractivity contribution is 6.56. The van der Waals surface area contributed by atoms with Gasteiger partial charge < -0.3 is 10.1 Å². The van der Waals surface area contributed by atoms with Crippen LogP contribution in [-0.4, -0.2) is 29.9 Å². The summed E-state index contributed by atoms with van der Waals surface area (Å²) in [6.07, 6.45) is 8.99. The van der Waals surface area contributed by atoms with Crippen molar-refractivity contribution in [3.63, 3.8) is 0 Å². The summed E-state index contributed by atoms with van der Waals surface area (Å²) >= 11 is 22.3. The maximum absolute atomic E-state index is 12.2. The van der Waals surface area contributed by atoms with Crippen LogP contribution in [0.5, 0.6) is 0 Å². The van der Waals surface area contributed by atoms with Crippen molar-refractivity contribution in [2.75, 3.05) is 7.11 Å². The van der Waals surface area contributed by atoms with E-state index in [1.807, 2.05) is 12.2 Å². The fourth-order valence-corrected chi connectivity index (χ4v) is 2.76. The van der Waals surface area contributed by atoms with Gasteiger partial charge in [0, 0.05) is 25.5 Å². The molecule has 0 unspecified atom stereocenters. The maximum atomic E-state index is 12.2. The Labute approximate surface area is 181 Å². The third-order valence-corrected chi connectivity index (χ3v) is 4.18. The normalized spacial score (nSPS) is 12.9. The predicted octanol–water partition coefficient (Wildman–Crippen LogP) is 5.30. The van der Waals surface area contributed by atoms with Crippen molar-refractivity contribution < 1.29 is 14.3 Å². The Morgan fingerprint density at radius 3 is 2.44 bits per heavy atom. The lowest BCUT2D eigenvalue weighted by atomic mass is 9.90. The molecule has 2 atom stereocenters. The van der Waals surface area contributed by atoms with Gasteiger partial charge in [-0.2, -0.15) is 0 Å². The van der Waals surface area contributed by atoms with Gasteiger partial charge in [-0.3, -0.25) is 9.59 Å². The molecule has 0 fully saturated rings. The first kappa shape index (κ1) is 26.1. The van der Waals surface area contributed by atoms with Crippen LogP contribution < -0.4 is 5.32 Å². The van der Waals surface area contributed by atoms with Crippen LogP contribution in [0.15, 0.2) is 22.7 Å². The lowest BCUT2D eigenvalue weighted by Gasteiger charge is -2.25. The lowest BCUT2D eigenvalue weighted by Crippen LogP contribution is -2.43. The second-order valence-electron chi connectivity index (χ2n) is 5.76. The van der Waals surface area contributed by atoms with Gasteiger partial charge in [0.2, 0.25) is 5.91 Å². The Bertz CT molecular complexity index is 575. The van der Waals surface area contributed by atoms with E-state index in [4.69, 9.17) is 51.1 Å². The van der Waals surface area contributed by atoms with Gasteiger partial charge in [0.1, 0.15) is 9.33 Å². The summed E-state index contributed by atoms with van der Waals surface area (Å²) < 4.78 is 4.98. The Morgan fingerprint density at radius 2 is 1.89 bits per heavy atom. The number of allylic oxidation sites excluding steroid dienone is 3. The molecule has 0 saturated carbocycles. The van der Waals surface area contributed by atoms with Gasteiger partial charge in [-0.05, 0) is 32.1 Å². The van der Waals surface area contributed by atoms with Crippen LogP contribution in [0.1, 0.15) is 45.4 Å². The highest BCUT2D eigenvalue weighted by atomic mass is 35.5. The van der Waals surface area contributed by atoms with E-state index >= 15 is 0 Å². The number of amides is 1. The summed E-state index contributed by atoms with van der Waals surface area (Å²) in [4.78, 5) is 23.3. The van der Waals surface area contributed by atoms with Crippen molar-refractivity contribution in [1.29, 1.82) is 0 Å². The summed E-state index contributed by atoms with van der Waals surface area (Å²) in [5.74, 6) is 4.53. The molecule has 0 radical (unpaired) electrons. The minimum atomic E-state index is -0.484. The largest absolute Gasteiger partial charge is 0.469 e. The molecule has 0 bridgehead atoms. The summed E-state index contributed by atoms with van der Waals surface area (Å²) in [5.41, 5.74) is 0. The first-order chi connectivity index (χ1) is 12.8. The van der Waals surface area contributed by atoms with Gasteiger partial charge >= 0.3 is 5.97 Å². The monoisotopic (exact) mass is 455 g/mol. The van der Waals surface area contributed by atoms with Crippen LogP contribution in [0.4, 0.5) is 0 Å². The third-order valence-electron chi connectivity index (χ3n) is 3.61. The minimum absolute atomic E-state index is 0.0749. The van der Waals surface area contributed by atoms with Gasteiger partial charge in [0.15, 0.2) is 0 Å². The molecule has 4 nitrogen and oxygen atoms in total. The van der Waals surface area contributed by atoms with Crippen molar-refractivity contribution in [2.45, 2.75) is 56.3 Å². The molecule has 0 aromatic rings. The third kappa shape index (κ3) is 14.8. The lowest BCUT2D eigenvalue weighted by molar-refractivity contribution is -0.147. The quantitative estimate of drug-likeness (QED) is 0.151. The molecular weight excluding hydrogens is 432 g/mol. The predicted molar refractivity (Wildman–Crippen MR) is 113 cm³/mol. The number of hydrogen-bond acceptors (Lipinski definition) is 3. The molecule has 0 aliphatic rings. The number of halogens is 4. The Morgan fingerprint density at radius 1 is 1.19 bits per heavy atom.